The Morgan fingerprint density at radius 2 is 1.71 bits per heavy atom. The lowest BCUT2D eigenvalue weighted by Gasteiger charge is -2.07. The van der Waals surface area contributed by atoms with Crippen LogP contribution in [0.3, 0.4) is 0 Å². The fourth-order valence-corrected chi connectivity index (χ4v) is 3.94. The van der Waals surface area contributed by atoms with Gasteiger partial charge in [-0.3, -0.25) is 9.59 Å². The van der Waals surface area contributed by atoms with Crippen molar-refractivity contribution in [3.05, 3.63) is 54.1 Å². The molecule has 0 atom stereocenters. The van der Waals surface area contributed by atoms with Gasteiger partial charge in [0.2, 0.25) is 16.9 Å². The topological polar surface area (TPSA) is 96.0 Å². The highest BCUT2D eigenvalue weighted by Crippen LogP contribution is 2.28. The van der Waals surface area contributed by atoms with E-state index in [2.05, 4.69) is 26.1 Å². The van der Waals surface area contributed by atoms with E-state index >= 15 is 0 Å². The molecule has 3 rings (SSSR count). The molecule has 0 aliphatic heterocycles. The molecule has 144 valence electrons. The summed E-state index contributed by atoms with van der Waals surface area (Å²) in [6.07, 6.45) is 0. The van der Waals surface area contributed by atoms with Gasteiger partial charge in [-0.25, -0.2) is 0 Å². The van der Waals surface area contributed by atoms with Gasteiger partial charge >= 0.3 is 0 Å². The van der Waals surface area contributed by atoms with Crippen molar-refractivity contribution in [1.82, 2.24) is 10.2 Å². The van der Waals surface area contributed by atoms with E-state index < -0.39 is 0 Å². The first-order chi connectivity index (χ1) is 13.5. The Hall–Kier alpha value is -2.91. The van der Waals surface area contributed by atoms with Gasteiger partial charge in [-0.2, -0.15) is 0 Å². The summed E-state index contributed by atoms with van der Waals surface area (Å²) < 4.78 is 0.706. The average Bonchev–Trinajstić information content (AvgIpc) is 3.07. The van der Waals surface area contributed by atoms with E-state index in [1.165, 1.54) is 30.0 Å². The summed E-state index contributed by atoms with van der Waals surface area (Å²) in [4.78, 5) is 23.3. The first-order valence-corrected chi connectivity index (χ1v) is 10.3. The van der Waals surface area contributed by atoms with Crippen molar-refractivity contribution in [2.24, 2.45) is 0 Å². The Balaban J connectivity index is 1.51. The van der Waals surface area contributed by atoms with E-state index in [0.29, 0.717) is 20.8 Å². The fraction of sp³-hybridized carbons (Fsp3) is 0.158. The van der Waals surface area contributed by atoms with Gasteiger partial charge in [-0.15, -0.1) is 10.2 Å². The Morgan fingerprint density at radius 3 is 2.46 bits per heavy atom. The third kappa shape index (κ3) is 6.07. The van der Waals surface area contributed by atoms with E-state index in [1.54, 1.807) is 24.3 Å². The van der Waals surface area contributed by atoms with E-state index in [9.17, 15) is 9.59 Å². The average molecular weight is 414 g/mol. The Labute approximate surface area is 171 Å². The molecule has 0 radical (unpaired) electrons. The molecule has 2 amide bonds. The predicted octanol–water partition coefficient (Wildman–Crippen LogP) is 4.28. The van der Waals surface area contributed by atoms with E-state index in [0.717, 1.165) is 11.3 Å². The number of amides is 2. The molecule has 0 unspecified atom stereocenters. The summed E-state index contributed by atoms with van der Waals surface area (Å²) in [5.74, 6) is -0.109. The van der Waals surface area contributed by atoms with Crippen LogP contribution in [0.15, 0.2) is 52.9 Å². The molecule has 0 saturated heterocycles. The number of hydrogen-bond acceptors (Lipinski definition) is 7. The van der Waals surface area contributed by atoms with Crippen molar-refractivity contribution in [3.63, 3.8) is 0 Å². The SMILES string of the molecule is CC(=O)Nc1cccc(NC(=O)CSc2nnc(Nc3cccc(C)c3)s2)c1. The maximum atomic E-state index is 12.2. The van der Waals surface area contributed by atoms with E-state index in [1.807, 2.05) is 31.2 Å². The number of nitrogens with zero attached hydrogens (tertiary/aromatic N) is 2. The Morgan fingerprint density at radius 1 is 1.00 bits per heavy atom. The smallest absolute Gasteiger partial charge is 0.234 e. The molecule has 0 bridgehead atoms. The molecular weight excluding hydrogens is 394 g/mol. The van der Waals surface area contributed by atoms with Crippen LogP contribution in [0.4, 0.5) is 22.2 Å². The zero-order valence-corrected chi connectivity index (χ0v) is 17.0. The molecule has 9 heteroatoms. The molecule has 1 heterocycles. The lowest BCUT2D eigenvalue weighted by Crippen LogP contribution is -2.14. The van der Waals surface area contributed by atoms with Crippen molar-refractivity contribution < 1.29 is 9.59 Å². The molecule has 0 aliphatic rings. The second-order valence-corrected chi connectivity index (χ2v) is 8.17. The quantitative estimate of drug-likeness (QED) is 0.500. The number of hydrogen-bond donors (Lipinski definition) is 3. The lowest BCUT2D eigenvalue weighted by atomic mass is 10.2. The van der Waals surface area contributed by atoms with Crippen molar-refractivity contribution in [3.8, 4) is 0 Å². The van der Waals surface area contributed by atoms with Gasteiger partial charge in [0.15, 0.2) is 4.34 Å². The van der Waals surface area contributed by atoms with Gasteiger partial charge < -0.3 is 16.0 Å². The first kappa shape index (κ1) is 19.8. The number of carbonyl (C=O) groups excluding carboxylic acids is 2. The van der Waals surface area contributed by atoms with E-state index in [-0.39, 0.29) is 17.6 Å². The number of aromatic nitrogens is 2. The molecule has 0 aliphatic carbocycles. The van der Waals surface area contributed by atoms with Crippen molar-refractivity contribution >= 4 is 57.1 Å². The van der Waals surface area contributed by atoms with Gasteiger partial charge in [-0.05, 0) is 42.8 Å². The minimum absolute atomic E-state index is 0.159. The van der Waals surface area contributed by atoms with Crippen LogP contribution < -0.4 is 16.0 Å². The van der Waals surface area contributed by atoms with Gasteiger partial charge in [-0.1, -0.05) is 41.3 Å². The van der Waals surface area contributed by atoms with Crippen LogP contribution in [0.5, 0.6) is 0 Å². The fourth-order valence-electron chi connectivity index (χ4n) is 2.37. The monoisotopic (exact) mass is 413 g/mol. The molecule has 28 heavy (non-hydrogen) atoms. The third-order valence-electron chi connectivity index (χ3n) is 3.47. The molecular formula is C19H19N5O2S2. The summed E-state index contributed by atoms with van der Waals surface area (Å²) in [5.41, 5.74) is 3.36. The number of anilines is 4. The van der Waals surface area contributed by atoms with Crippen molar-refractivity contribution in [2.45, 2.75) is 18.2 Å². The molecule has 0 fully saturated rings. The third-order valence-corrected chi connectivity index (χ3v) is 5.44. The minimum Gasteiger partial charge on any atom is -0.330 e. The Bertz CT molecular complexity index is 990. The number of rotatable bonds is 7. The van der Waals surface area contributed by atoms with Crippen LogP contribution in [0, 0.1) is 6.92 Å². The van der Waals surface area contributed by atoms with Gasteiger partial charge in [0.1, 0.15) is 0 Å². The molecule has 0 saturated carbocycles. The highest BCUT2D eigenvalue weighted by Gasteiger charge is 2.09. The van der Waals surface area contributed by atoms with Gasteiger partial charge in [0.25, 0.3) is 0 Å². The lowest BCUT2D eigenvalue weighted by molar-refractivity contribution is -0.114. The predicted molar refractivity (Wildman–Crippen MR) is 114 cm³/mol. The Kier molecular flexibility index (Phi) is 6.62. The van der Waals surface area contributed by atoms with Crippen LogP contribution in [-0.4, -0.2) is 27.8 Å². The highest BCUT2D eigenvalue weighted by molar-refractivity contribution is 8.01. The molecule has 3 N–H and O–H groups in total. The zero-order valence-electron chi connectivity index (χ0n) is 15.4. The number of benzene rings is 2. The van der Waals surface area contributed by atoms with Gasteiger partial charge in [0, 0.05) is 24.0 Å². The second-order valence-electron chi connectivity index (χ2n) is 5.97. The highest BCUT2D eigenvalue weighted by atomic mass is 32.2. The van der Waals surface area contributed by atoms with Crippen molar-refractivity contribution in [2.75, 3.05) is 21.7 Å². The standard InChI is InChI=1S/C19H19N5O2S2/c1-12-5-3-6-14(9-12)22-18-23-24-19(28-18)27-11-17(26)21-16-8-4-7-15(10-16)20-13(2)25/h3-10H,11H2,1-2H3,(H,20,25)(H,21,26)(H,22,23). The summed E-state index contributed by atoms with van der Waals surface area (Å²) in [6, 6.07) is 15.0. The zero-order chi connectivity index (χ0) is 19.9. The maximum Gasteiger partial charge on any atom is 0.234 e. The molecule has 0 spiro atoms. The second kappa shape index (κ2) is 9.34. The van der Waals surface area contributed by atoms with Gasteiger partial charge in [0.05, 0.1) is 5.75 Å². The number of thioether (sulfide) groups is 1. The maximum absolute atomic E-state index is 12.2. The van der Waals surface area contributed by atoms with Crippen LogP contribution in [0.25, 0.3) is 0 Å². The normalized spacial score (nSPS) is 10.4. The molecule has 1 aromatic heterocycles. The first-order valence-electron chi connectivity index (χ1n) is 8.45. The number of aryl methyl sites for hydroxylation is 1. The van der Waals surface area contributed by atoms with Crippen LogP contribution in [0.1, 0.15) is 12.5 Å². The molecule has 3 aromatic rings. The molecule has 7 nitrogen and oxygen atoms in total. The molecule has 2 aromatic carbocycles. The number of nitrogens with one attached hydrogen (secondary N) is 3. The number of carbonyl (C=O) groups is 2. The summed E-state index contributed by atoms with van der Waals surface area (Å²) in [6.45, 7) is 3.46. The van der Waals surface area contributed by atoms with E-state index in [4.69, 9.17) is 0 Å². The summed E-state index contributed by atoms with van der Waals surface area (Å²) in [5, 5.41) is 17.6. The summed E-state index contributed by atoms with van der Waals surface area (Å²) >= 11 is 2.71. The van der Waals surface area contributed by atoms with Crippen LogP contribution >= 0.6 is 23.1 Å². The minimum atomic E-state index is -0.162. The largest absolute Gasteiger partial charge is 0.330 e. The summed E-state index contributed by atoms with van der Waals surface area (Å²) in [7, 11) is 0. The van der Waals surface area contributed by atoms with Crippen molar-refractivity contribution in [1.29, 1.82) is 0 Å². The van der Waals surface area contributed by atoms with Crippen LogP contribution in [-0.2, 0) is 9.59 Å². The van der Waals surface area contributed by atoms with Crippen LogP contribution in [0.2, 0.25) is 0 Å².